The van der Waals surface area contributed by atoms with Crippen molar-refractivity contribution in [2.24, 2.45) is 0 Å². The smallest absolute Gasteiger partial charge is 0.240 e. The molecule has 0 aliphatic rings. The number of hydrogen-bond acceptors (Lipinski definition) is 5. The molecule has 0 radical (unpaired) electrons. The highest BCUT2D eigenvalue weighted by atomic mass is 32.2. The molecule has 142 valence electrons. The van der Waals surface area contributed by atoms with Gasteiger partial charge in [-0.15, -0.1) is 0 Å². The molecule has 0 unspecified atom stereocenters. The Hall–Kier alpha value is -1.81. The lowest BCUT2D eigenvalue weighted by Crippen LogP contribution is -2.34. The SMILES string of the molecule is CC(C)c1ccc(S(=O)(=O)NCCS(=O)(=O)NCc2cccnc2)cc1. The first-order valence-corrected chi connectivity index (χ1v) is 11.3. The van der Waals surface area contributed by atoms with E-state index in [9.17, 15) is 16.8 Å². The summed E-state index contributed by atoms with van der Waals surface area (Å²) in [6, 6.07) is 10.0. The Bertz CT molecular complexity index is 910. The Labute approximate surface area is 155 Å². The van der Waals surface area contributed by atoms with Crippen molar-refractivity contribution < 1.29 is 16.8 Å². The molecule has 2 N–H and O–H groups in total. The van der Waals surface area contributed by atoms with Gasteiger partial charge in [0.05, 0.1) is 10.6 Å². The van der Waals surface area contributed by atoms with E-state index in [0.29, 0.717) is 5.92 Å². The molecule has 0 amide bonds. The fraction of sp³-hybridized carbons (Fsp3) is 0.353. The molecule has 9 heteroatoms. The molecule has 0 aliphatic carbocycles. The van der Waals surface area contributed by atoms with Crippen molar-refractivity contribution in [2.75, 3.05) is 12.3 Å². The molecule has 7 nitrogen and oxygen atoms in total. The fourth-order valence-corrected chi connectivity index (χ4v) is 4.26. The summed E-state index contributed by atoms with van der Waals surface area (Å²) in [6.45, 7) is 3.94. The van der Waals surface area contributed by atoms with Crippen LogP contribution in [-0.4, -0.2) is 34.1 Å². The summed E-state index contributed by atoms with van der Waals surface area (Å²) in [4.78, 5) is 4.02. The minimum absolute atomic E-state index is 0.111. The van der Waals surface area contributed by atoms with Crippen molar-refractivity contribution in [3.05, 3.63) is 59.9 Å². The lowest BCUT2D eigenvalue weighted by Gasteiger charge is -2.10. The normalized spacial score (nSPS) is 12.4. The maximum absolute atomic E-state index is 12.2. The van der Waals surface area contributed by atoms with Crippen LogP contribution in [0.4, 0.5) is 0 Å². The second kappa shape index (κ2) is 8.72. The molecule has 26 heavy (non-hydrogen) atoms. The van der Waals surface area contributed by atoms with Gasteiger partial charge in [-0.2, -0.15) is 0 Å². The number of rotatable bonds is 9. The largest absolute Gasteiger partial charge is 0.264 e. The quantitative estimate of drug-likeness (QED) is 0.669. The maximum atomic E-state index is 12.2. The molecular weight excluding hydrogens is 374 g/mol. The zero-order valence-electron chi connectivity index (χ0n) is 14.7. The molecule has 1 aromatic heterocycles. The summed E-state index contributed by atoms with van der Waals surface area (Å²) >= 11 is 0. The Kier molecular flexibility index (Phi) is 6.87. The highest BCUT2D eigenvalue weighted by molar-refractivity contribution is 7.90. The van der Waals surface area contributed by atoms with Gasteiger partial charge in [-0.1, -0.05) is 32.0 Å². The summed E-state index contributed by atoms with van der Waals surface area (Å²) in [7, 11) is -7.35. The molecule has 0 saturated carbocycles. The number of pyridine rings is 1. The molecular formula is C17H23N3O4S2. The molecule has 0 spiro atoms. The second-order valence-electron chi connectivity index (χ2n) is 6.12. The van der Waals surface area contributed by atoms with Gasteiger partial charge < -0.3 is 0 Å². The Morgan fingerprint density at radius 1 is 1.00 bits per heavy atom. The molecule has 1 aromatic carbocycles. The summed E-state index contributed by atoms with van der Waals surface area (Å²) in [5, 5.41) is 0. The van der Waals surface area contributed by atoms with E-state index in [1.54, 1.807) is 36.7 Å². The predicted molar refractivity (Wildman–Crippen MR) is 101 cm³/mol. The van der Waals surface area contributed by atoms with Gasteiger partial charge in [0, 0.05) is 25.5 Å². The van der Waals surface area contributed by atoms with Gasteiger partial charge in [-0.3, -0.25) is 4.98 Å². The van der Waals surface area contributed by atoms with Gasteiger partial charge >= 0.3 is 0 Å². The third-order valence-electron chi connectivity index (χ3n) is 3.74. The molecule has 0 bridgehead atoms. The van der Waals surface area contributed by atoms with Crippen molar-refractivity contribution in [1.29, 1.82) is 0 Å². The molecule has 0 aliphatic heterocycles. The summed E-state index contributed by atoms with van der Waals surface area (Å²) < 4.78 is 53.2. The number of hydrogen-bond donors (Lipinski definition) is 2. The number of nitrogens with zero attached hydrogens (tertiary/aromatic N) is 1. The van der Waals surface area contributed by atoms with Crippen molar-refractivity contribution >= 4 is 20.0 Å². The van der Waals surface area contributed by atoms with Gasteiger partial charge in [-0.25, -0.2) is 26.3 Å². The highest BCUT2D eigenvalue weighted by Gasteiger charge is 2.16. The van der Waals surface area contributed by atoms with Crippen LogP contribution >= 0.6 is 0 Å². The van der Waals surface area contributed by atoms with Crippen LogP contribution in [0.3, 0.4) is 0 Å². The van der Waals surface area contributed by atoms with E-state index >= 15 is 0 Å². The Morgan fingerprint density at radius 2 is 1.69 bits per heavy atom. The highest BCUT2D eigenvalue weighted by Crippen LogP contribution is 2.17. The monoisotopic (exact) mass is 397 g/mol. The van der Waals surface area contributed by atoms with E-state index in [0.717, 1.165) is 11.1 Å². The van der Waals surface area contributed by atoms with Crippen LogP contribution in [0.25, 0.3) is 0 Å². The first-order valence-electron chi connectivity index (χ1n) is 8.15. The van der Waals surface area contributed by atoms with Crippen molar-refractivity contribution in [2.45, 2.75) is 31.2 Å². The van der Waals surface area contributed by atoms with E-state index in [-0.39, 0.29) is 23.7 Å². The zero-order chi connectivity index (χ0) is 19.2. The Morgan fingerprint density at radius 3 is 2.27 bits per heavy atom. The van der Waals surface area contributed by atoms with Gasteiger partial charge in [0.2, 0.25) is 20.0 Å². The topological polar surface area (TPSA) is 105 Å². The molecule has 1 heterocycles. The standard InChI is InChI=1S/C17H23N3O4S2/c1-14(2)16-5-7-17(8-6-16)26(23,24)19-10-11-25(21,22)20-13-15-4-3-9-18-12-15/h3-9,12,14,19-20H,10-11,13H2,1-2H3. The third-order valence-corrected chi connectivity index (χ3v) is 6.54. The number of sulfonamides is 2. The van der Waals surface area contributed by atoms with Gasteiger partial charge in [0.1, 0.15) is 0 Å². The van der Waals surface area contributed by atoms with Crippen LogP contribution in [0, 0.1) is 0 Å². The summed E-state index contributed by atoms with van der Waals surface area (Å²) in [6.07, 6.45) is 3.16. The average molecular weight is 398 g/mol. The van der Waals surface area contributed by atoms with Crippen molar-refractivity contribution in [1.82, 2.24) is 14.4 Å². The third kappa shape index (κ3) is 6.17. The molecule has 0 saturated heterocycles. The second-order valence-corrected chi connectivity index (χ2v) is 9.82. The minimum Gasteiger partial charge on any atom is -0.264 e. The molecule has 2 rings (SSSR count). The maximum Gasteiger partial charge on any atom is 0.240 e. The van der Waals surface area contributed by atoms with Crippen LogP contribution in [0.5, 0.6) is 0 Å². The van der Waals surface area contributed by atoms with E-state index in [1.165, 1.54) is 12.1 Å². The fourth-order valence-electron chi connectivity index (χ4n) is 2.19. The molecule has 2 aromatic rings. The van der Waals surface area contributed by atoms with E-state index in [4.69, 9.17) is 0 Å². The van der Waals surface area contributed by atoms with Gasteiger partial charge in [0.25, 0.3) is 0 Å². The minimum atomic E-state index is -3.74. The van der Waals surface area contributed by atoms with Crippen molar-refractivity contribution in [3.63, 3.8) is 0 Å². The number of nitrogens with one attached hydrogen (secondary N) is 2. The van der Waals surface area contributed by atoms with E-state index in [1.807, 2.05) is 13.8 Å². The van der Waals surface area contributed by atoms with Crippen LogP contribution in [0.2, 0.25) is 0 Å². The lowest BCUT2D eigenvalue weighted by molar-refractivity contribution is 0.575. The predicted octanol–water partition coefficient (Wildman–Crippen LogP) is 1.60. The lowest BCUT2D eigenvalue weighted by atomic mass is 10.0. The van der Waals surface area contributed by atoms with Gasteiger partial charge in [-0.05, 0) is 35.2 Å². The van der Waals surface area contributed by atoms with Crippen LogP contribution in [-0.2, 0) is 26.6 Å². The molecule has 0 atom stereocenters. The number of benzene rings is 1. The van der Waals surface area contributed by atoms with Crippen LogP contribution in [0.15, 0.2) is 53.7 Å². The number of aromatic nitrogens is 1. The zero-order valence-corrected chi connectivity index (χ0v) is 16.3. The van der Waals surface area contributed by atoms with E-state index in [2.05, 4.69) is 14.4 Å². The van der Waals surface area contributed by atoms with E-state index < -0.39 is 20.0 Å². The van der Waals surface area contributed by atoms with Crippen molar-refractivity contribution in [3.8, 4) is 0 Å². The Balaban J connectivity index is 1.88. The first kappa shape index (κ1) is 20.5. The van der Waals surface area contributed by atoms with Crippen LogP contribution < -0.4 is 9.44 Å². The average Bonchev–Trinajstić information content (AvgIpc) is 2.61. The summed E-state index contributed by atoms with van der Waals surface area (Å²) in [5.41, 5.74) is 1.76. The van der Waals surface area contributed by atoms with Crippen LogP contribution in [0.1, 0.15) is 30.9 Å². The first-order chi connectivity index (χ1) is 12.2. The summed E-state index contributed by atoms with van der Waals surface area (Å²) in [5.74, 6) is -0.0490. The molecule has 0 fully saturated rings. The van der Waals surface area contributed by atoms with Gasteiger partial charge in [0.15, 0.2) is 0 Å².